The van der Waals surface area contributed by atoms with E-state index in [-0.39, 0.29) is 24.5 Å². The van der Waals surface area contributed by atoms with Crippen LogP contribution in [0.3, 0.4) is 0 Å². The molecule has 0 aliphatic heterocycles. The summed E-state index contributed by atoms with van der Waals surface area (Å²) in [7, 11) is -3.31. The molecule has 0 aliphatic rings. The molecule has 0 bridgehead atoms. The van der Waals surface area contributed by atoms with E-state index in [1.54, 1.807) is 44.2 Å². The van der Waals surface area contributed by atoms with E-state index in [0.717, 1.165) is 0 Å². The van der Waals surface area contributed by atoms with E-state index in [0.29, 0.717) is 21.4 Å². The summed E-state index contributed by atoms with van der Waals surface area (Å²) in [4.78, 5) is 12.1. The minimum Gasteiger partial charge on any atom is -0.491 e. The second-order valence-electron chi connectivity index (χ2n) is 6.07. The minimum absolute atomic E-state index is 0.0543. The van der Waals surface area contributed by atoms with Gasteiger partial charge in [0.2, 0.25) is 0 Å². The first-order chi connectivity index (χ1) is 12.7. The lowest BCUT2D eigenvalue weighted by Gasteiger charge is -2.10. The number of carbonyl (C=O) groups is 1. The molecule has 5 nitrogen and oxygen atoms in total. The van der Waals surface area contributed by atoms with Crippen LogP contribution in [0.25, 0.3) is 0 Å². The number of benzene rings is 2. The summed E-state index contributed by atoms with van der Waals surface area (Å²) in [6, 6.07) is 11.1. The second kappa shape index (κ2) is 9.44. The molecular formula is C19H20Cl2O5S. The molecule has 8 heteroatoms. The third-order valence-electron chi connectivity index (χ3n) is 3.73. The average molecular weight is 431 g/mol. The van der Waals surface area contributed by atoms with Gasteiger partial charge in [-0.15, -0.1) is 0 Å². The largest absolute Gasteiger partial charge is 0.491 e. The summed E-state index contributed by atoms with van der Waals surface area (Å²) in [5, 5.41) is 0.376. The summed E-state index contributed by atoms with van der Waals surface area (Å²) >= 11 is 11.8. The lowest BCUT2D eigenvalue weighted by Crippen LogP contribution is -2.14. The number of esters is 1. The average Bonchev–Trinajstić information content (AvgIpc) is 2.62. The summed E-state index contributed by atoms with van der Waals surface area (Å²) < 4.78 is 34.7. The highest BCUT2D eigenvalue weighted by atomic mass is 35.5. The predicted molar refractivity (Wildman–Crippen MR) is 105 cm³/mol. The van der Waals surface area contributed by atoms with Crippen molar-refractivity contribution in [2.75, 3.05) is 6.61 Å². The zero-order valence-corrected chi connectivity index (χ0v) is 17.3. The van der Waals surface area contributed by atoms with E-state index in [1.807, 2.05) is 0 Å². The number of halogens is 2. The third kappa shape index (κ3) is 6.13. The smallest absolute Gasteiger partial charge is 0.309 e. The molecule has 2 aromatic carbocycles. The van der Waals surface area contributed by atoms with E-state index >= 15 is 0 Å². The molecule has 0 amide bonds. The number of hydrogen-bond donors (Lipinski definition) is 0. The van der Waals surface area contributed by atoms with E-state index in [9.17, 15) is 13.2 Å². The Hall–Kier alpha value is -1.76. The van der Waals surface area contributed by atoms with Crippen LogP contribution in [0.5, 0.6) is 5.75 Å². The van der Waals surface area contributed by atoms with Gasteiger partial charge in [0.25, 0.3) is 0 Å². The fraction of sp³-hybridized carbons (Fsp3) is 0.316. The third-order valence-corrected chi connectivity index (χ3v) is 6.43. The fourth-order valence-electron chi connectivity index (χ4n) is 2.12. The standard InChI is InChI=1S/C19H20Cl2O5S/c1-13(2)27(23,24)16-6-3-14(4-7-16)12-26-19(22)9-10-25-18-8-5-15(20)11-17(18)21/h3-8,11,13H,9-10,12H2,1-2H3. The van der Waals surface area contributed by atoms with E-state index in [2.05, 4.69) is 0 Å². The van der Waals surface area contributed by atoms with Gasteiger partial charge >= 0.3 is 5.97 Å². The molecule has 0 aromatic heterocycles. The summed E-state index contributed by atoms with van der Waals surface area (Å²) in [5.41, 5.74) is 0.702. The molecular weight excluding hydrogens is 411 g/mol. The Labute approximate surface area is 169 Å². The Kier molecular flexibility index (Phi) is 7.53. The van der Waals surface area contributed by atoms with Crippen LogP contribution < -0.4 is 4.74 Å². The van der Waals surface area contributed by atoms with Crippen molar-refractivity contribution in [3.63, 3.8) is 0 Å². The van der Waals surface area contributed by atoms with Crippen molar-refractivity contribution >= 4 is 39.0 Å². The van der Waals surface area contributed by atoms with Gasteiger partial charge in [-0.2, -0.15) is 0 Å². The van der Waals surface area contributed by atoms with Gasteiger partial charge in [0.15, 0.2) is 9.84 Å². The van der Waals surface area contributed by atoms with Crippen molar-refractivity contribution in [1.82, 2.24) is 0 Å². The van der Waals surface area contributed by atoms with Gasteiger partial charge in [0.05, 0.1) is 28.2 Å². The van der Waals surface area contributed by atoms with E-state index in [4.69, 9.17) is 32.7 Å². The van der Waals surface area contributed by atoms with Crippen LogP contribution in [0.2, 0.25) is 10.0 Å². The molecule has 27 heavy (non-hydrogen) atoms. The quantitative estimate of drug-likeness (QED) is 0.568. The number of hydrogen-bond acceptors (Lipinski definition) is 5. The molecule has 0 radical (unpaired) electrons. The Morgan fingerprint density at radius 3 is 2.33 bits per heavy atom. The highest BCUT2D eigenvalue weighted by molar-refractivity contribution is 7.92. The fourth-order valence-corrected chi connectivity index (χ4v) is 3.64. The van der Waals surface area contributed by atoms with Gasteiger partial charge in [0, 0.05) is 5.02 Å². The topological polar surface area (TPSA) is 69.7 Å². The van der Waals surface area contributed by atoms with Gasteiger partial charge < -0.3 is 9.47 Å². The molecule has 0 heterocycles. The maximum Gasteiger partial charge on any atom is 0.309 e. The van der Waals surface area contributed by atoms with Crippen LogP contribution in [0.15, 0.2) is 47.4 Å². The minimum atomic E-state index is -3.31. The Bertz CT molecular complexity index is 893. The SMILES string of the molecule is CC(C)S(=O)(=O)c1ccc(COC(=O)CCOc2ccc(Cl)cc2Cl)cc1. The Morgan fingerprint density at radius 2 is 1.74 bits per heavy atom. The van der Waals surface area contributed by atoms with Gasteiger partial charge in [-0.05, 0) is 49.7 Å². The van der Waals surface area contributed by atoms with Crippen molar-refractivity contribution < 1.29 is 22.7 Å². The second-order valence-corrected chi connectivity index (χ2v) is 9.42. The molecule has 146 valence electrons. The number of sulfone groups is 1. The molecule has 0 N–H and O–H groups in total. The monoisotopic (exact) mass is 430 g/mol. The Morgan fingerprint density at radius 1 is 1.07 bits per heavy atom. The van der Waals surface area contributed by atoms with Crippen LogP contribution in [-0.2, 0) is 26.0 Å². The maximum atomic E-state index is 12.1. The zero-order chi connectivity index (χ0) is 20.0. The van der Waals surface area contributed by atoms with Crippen LogP contribution in [-0.4, -0.2) is 26.2 Å². The van der Waals surface area contributed by atoms with Crippen molar-refractivity contribution in [2.45, 2.75) is 37.0 Å². The molecule has 0 saturated carbocycles. The van der Waals surface area contributed by atoms with Crippen LogP contribution in [0.4, 0.5) is 0 Å². The lowest BCUT2D eigenvalue weighted by molar-refractivity contribution is -0.145. The normalized spacial score (nSPS) is 11.4. The first-order valence-electron chi connectivity index (χ1n) is 8.26. The first-order valence-corrected chi connectivity index (χ1v) is 10.6. The van der Waals surface area contributed by atoms with E-state index < -0.39 is 21.1 Å². The lowest BCUT2D eigenvalue weighted by atomic mass is 10.2. The van der Waals surface area contributed by atoms with Crippen molar-refractivity contribution in [2.24, 2.45) is 0 Å². The van der Waals surface area contributed by atoms with Crippen LogP contribution in [0, 0.1) is 0 Å². The number of carbonyl (C=O) groups excluding carboxylic acids is 1. The van der Waals surface area contributed by atoms with Crippen LogP contribution >= 0.6 is 23.2 Å². The molecule has 2 rings (SSSR count). The van der Waals surface area contributed by atoms with Crippen molar-refractivity contribution in [1.29, 1.82) is 0 Å². The first kappa shape index (κ1) is 21.5. The summed E-state index contributed by atoms with van der Waals surface area (Å²) in [6.07, 6.45) is 0.0543. The van der Waals surface area contributed by atoms with E-state index in [1.165, 1.54) is 12.1 Å². The van der Waals surface area contributed by atoms with Gasteiger partial charge in [-0.3, -0.25) is 4.79 Å². The molecule has 0 aliphatic carbocycles. The van der Waals surface area contributed by atoms with Crippen molar-refractivity contribution in [3.05, 3.63) is 58.1 Å². The van der Waals surface area contributed by atoms with Gasteiger partial charge in [-0.25, -0.2) is 8.42 Å². The van der Waals surface area contributed by atoms with Crippen molar-refractivity contribution in [3.8, 4) is 5.75 Å². The number of ether oxygens (including phenoxy) is 2. The van der Waals surface area contributed by atoms with Crippen LogP contribution in [0.1, 0.15) is 25.8 Å². The molecule has 0 atom stereocenters. The molecule has 0 spiro atoms. The molecule has 0 unspecified atom stereocenters. The summed E-state index contributed by atoms with van der Waals surface area (Å²) in [6.45, 7) is 3.43. The highest BCUT2D eigenvalue weighted by Crippen LogP contribution is 2.27. The molecule has 0 saturated heterocycles. The number of rotatable bonds is 8. The molecule has 0 fully saturated rings. The van der Waals surface area contributed by atoms with Gasteiger partial charge in [0.1, 0.15) is 12.4 Å². The highest BCUT2D eigenvalue weighted by Gasteiger charge is 2.18. The zero-order valence-electron chi connectivity index (χ0n) is 14.9. The Balaban J connectivity index is 1.80. The van der Waals surface area contributed by atoms with Gasteiger partial charge in [-0.1, -0.05) is 35.3 Å². The molecule has 2 aromatic rings. The maximum absolute atomic E-state index is 12.1. The summed E-state index contributed by atoms with van der Waals surface area (Å²) in [5.74, 6) is 0.00906. The predicted octanol–water partition coefficient (Wildman–Crippen LogP) is 4.69.